The number of anilines is 1. The van der Waals surface area contributed by atoms with Crippen molar-refractivity contribution in [2.45, 2.75) is 6.04 Å². The smallest absolute Gasteiger partial charge is 0.321 e. The van der Waals surface area contributed by atoms with Crippen molar-refractivity contribution in [2.24, 2.45) is 7.05 Å². The van der Waals surface area contributed by atoms with Gasteiger partial charge in [0.1, 0.15) is 12.4 Å². The minimum Gasteiger partial charge on any atom is -0.353 e. The van der Waals surface area contributed by atoms with Crippen LogP contribution in [0.4, 0.5) is 10.5 Å². The van der Waals surface area contributed by atoms with Crippen molar-refractivity contribution in [3.8, 4) is 11.4 Å². The monoisotopic (exact) mass is 355 g/mol. The molecule has 9 heteroatoms. The first-order valence-corrected chi connectivity index (χ1v) is 8.64. The third-order valence-corrected chi connectivity index (χ3v) is 4.89. The summed E-state index contributed by atoms with van der Waals surface area (Å²) >= 11 is 0. The molecule has 2 fully saturated rings. The van der Waals surface area contributed by atoms with Crippen LogP contribution in [0.3, 0.4) is 0 Å². The summed E-state index contributed by atoms with van der Waals surface area (Å²) in [5.74, 6) is 0.768. The molecule has 0 aliphatic carbocycles. The van der Waals surface area contributed by atoms with E-state index in [9.17, 15) is 9.59 Å². The number of urea groups is 1. The average molecular weight is 355 g/mol. The van der Waals surface area contributed by atoms with Crippen LogP contribution in [0.25, 0.3) is 11.4 Å². The Morgan fingerprint density at radius 3 is 2.77 bits per heavy atom. The second kappa shape index (κ2) is 6.75. The van der Waals surface area contributed by atoms with Gasteiger partial charge in [-0.3, -0.25) is 9.69 Å². The molecule has 0 unspecified atom stereocenters. The maximum absolute atomic E-state index is 12.6. The van der Waals surface area contributed by atoms with Crippen LogP contribution in [0.15, 0.2) is 30.6 Å². The second-order valence-electron chi connectivity index (χ2n) is 6.56. The SMILES string of the molecule is Cn1cnnc1-c1ccc(NC(=O)N2CCN3CCNC(=O)[C@H]3C2)cc1. The fourth-order valence-corrected chi connectivity index (χ4v) is 3.41. The van der Waals surface area contributed by atoms with Crippen LogP contribution < -0.4 is 10.6 Å². The Morgan fingerprint density at radius 2 is 2.04 bits per heavy atom. The number of aryl methyl sites for hydroxylation is 1. The molecule has 0 radical (unpaired) electrons. The first-order chi connectivity index (χ1) is 12.6. The molecular formula is C17H21N7O2. The lowest BCUT2D eigenvalue weighted by Crippen LogP contribution is -2.64. The summed E-state index contributed by atoms with van der Waals surface area (Å²) in [6.07, 6.45) is 1.64. The molecule has 2 aliphatic heterocycles. The number of piperazine rings is 2. The molecule has 3 heterocycles. The van der Waals surface area contributed by atoms with Gasteiger partial charge in [0, 0.05) is 51.0 Å². The molecule has 2 aromatic rings. The van der Waals surface area contributed by atoms with Crippen LogP contribution in [0.2, 0.25) is 0 Å². The summed E-state index contributed by atoms with van der Waals surface area (Å²) in [5, 5.41) is 13.7. The van der Waals surface area contributed by atoms with E-state index in [1.807, 2.05) is 35.9 Å². The fraction of sp³-hybridized carbons (Fsp3) is 0.412. The summed E-state index contributed by atoms with van der Waals surface area (Å²) in [4.78, 5) is 28.4. The molecule has 2 N–H and O–H groups in total. The van der Waals surface area contributed by atoms with Gasteiger partial charge in [0.15, 0.2) is 5.82 Å². The minimum atomic E-state index is -0.249. The van der Waals surface area contributed by atoms with Crippen molar-refractivity contribution in [2.75, 3.05) is 38.0 Å². The van der Waals surface area contributed by atoms with Gasteiger partial charge in [-0.15, -0.1) is 10.2 Å². The third kappa shape index (κ3) is 3.13. The zero-order valence-corrected chi connectivity index (χ0v) is 14.6. The van der Waals surface area contributed by atoms with Crippen LogP contribution in [-0.2, 0) is 11.8 Å². The Labute approximate surface area is 151 Å². The summed E-state index contributed by atoms with van der Waals surface area (Å²) < 4.78 is 1.84. The van der Waals surface area contributed by atoms with Crippen LogP contribution >= 0.6 is 0 Å². The predicted molar refractivity (Wildman–Crippen MR) is 95.4 cm³/mol. The number of nitrogens with one attached hydrogen (secondary N) is 2. The summed E-state index contributed by atoms with van der Waals surface area (Å²) in [6.45, 7) is 3.27. The molecule has 0 saturated carbocycles. The maximum Gasteiger partial charge on any atom is 0.321 e. The zero-order valence-electron chi connectivity index (χ0n) is 14.6. The van der Waals surface area contributed by atoms with Crippen LogP contribution in [-0.4, -0.2) is 75.3 Å². The summed E-state index contributed by atoms with van der Waals surface area (Å²) in [5.41, 5.74) is 1.63. The van der Waals surface area contributed by atoms with Crippen molar-refractivity contribution < 1.29 is 9.59 Å². The molecule has 1 aromatic heterocycles. The quantitative estimate of drug-likeness (QED) is 0.798. The van der Waals surface area contributed by atoms with E-state index < -0.39 is 0 Å². The Balaban J connectivity index is 1.40. The average Bonchev–Trinajstić information content (AvgIpc) is 3.08. The number of amides is 3. The van der Waals surface area contributed by atoms with Crippen LogP contribution in [0.5, 0.6) is 0 Å². The molecule has 1 atom stereocenters. The van der Waals surface area contributed by atoms with Gasteiger partial charge in [-0.25, -0.2) is 4.79 Å². The minimum absolute atomic E-state index is 0.00165. The topological polar surface area (TPSA) is 95.4 Å². The van der Waals surface area contributed by atoms with Crippen molar-refractivity contribution in [1.29, 1.82) is 0 Å². The van der Waals surface area contributed by atoms with E-state index in [4.69, 9.17) is 0 Å². The van der Waals surface area contributed by atoms with Gasteiger partial charge < -0.3 is 20.1 Å². The fourth-order valence-electron chi connectivity index (χ4n) is 3.41. The van der Waals surface area contributed by atoms with Gasteiger partial charge >= 0.3 is 6.03 Å². The molecule has 0 bridgehead atoms. The number of hydrogen-bond donors (Lipinski definition) is 2. The highest BCUT2D eigenvalue weighted by Crippen LogP contribution is 2.19. The number of fused-ring (bicyclic) bond motifs is 1. The van der Waals surface area contributed by atoms with E-state index in [-0.39, 0.29) is 18.0 Å². The molecule has 136 valence electrons. The predicted octanol–water partition coefficient (Wildman–Crippen LogP) is 0.130. The normalized spacial score (nSPS) is 20.4. The van der Waals surface area contributed by atoms with Crippen molar-refractivity contribution in [3.05, 3.63) is 30.6 Å². The number of benzene rings is 1. The lowest BCUT2D eigenvalue weighted by molar-refractivity contribution is -0.131. The van der Waals surface area contributed by atoms with Crippen molar-refractivity contribution in [3.63, 3.8) is 0 Å². The van der Waals surface area contributed by atoms with Crippen LogP contribution in [0.1, 0.15) is 0 Å². The van der Waals surface area contributed by atoms with Crippen molar-refractivity contribution in [1.82, 2.24) is 29.9 Å². The Morgan fingerprint density at radius 1 is 1.23 bits per heavy atom. The number of carbonyl (C=O) groups excluding carboxylic acids is 2. The molecular weight excluding hydrogens is 334 g/mol. The number of aromatic nitrogens is 3. The van der Waals surface area contributed by atoms with E-state index in [0.717, 1.165) is 24.5 Å². The van der Waals surface area contributed by atoms with Gasteiger partial charge in [-0.1, -0.05) is 0 Å². The number of nitrogens with zero attached hydrogens (tertiary/aromatic N) is 5. The highest BCUT2D eigenvalue weighted by atomic mass is 16.2. The van der Waals surface area contributed by atoms with Gasteiger partial charge in [-0.2, -0.15) is 0 Å². The maximum atomic E-state index is 12.6. The van der Waals surface area contributed by atoms with Crippen LogP contribution in [0, 0.1) is 0 Å². The van der Waals surface area contributed by atoms with Gasteiger partial charge in [0.05, 0.1) is 0 Å². The number of carbonyl (C=O) groups is 2. The molecule has 2 saturated heterocycles. The van der Waals surface area contributed by atoms with Gasteiger partial charge in [0.2, 0.25) is 5.91 Å². The molecule has 9 nitrogen and oxygen atoms in total. The molecule has 0 spiro atoms. The van der Waals surface area contributed by atoms with E-state index in [2.05, 4.69) is 25.7 Å². The largest absolute Gasteiger partial charge is 0.353 e. The van der Waals surface area contributed by atoms with Crippen molar-refractivity contribution >= 4 is 17.6 Å². The van der Waals surface area contributed by atoms with Gasteiger partial charge in [-0.05, 0) is 24.3 Å². The molecule has 3 amide bonds. The van der Waals surface area contributed by atoms with E-state index in [1.54, 1.807) is 11.2 Å². The first-order valence-electron chi connectivity index (χ1n) is 8.64. The summed E-state index contributed by atoms with van der Waals surface area (Å²) in [7, 11) is 1.88. The number of rotatable bonds is 2. The second-order valence-corrected chi connectivity index (χ2v) is 6.56. The summed E-state index contributed by atoms with van der Waals surface area (Å²) in [6, 6.07) is 7.03. The molecule has 2 aliphatic rings. The zero-order chi connectivity index (χ0) is 18.1. The molecule has 4 rings (SSSR count). The number of hydrogen-bond acceptors (Lipinski definition) is 5. The molecule has 26 heavy (non-hydrogen) atoms. The van der Waals surface area contributed by atoms with E-state index >= 15 is 0 Å². The van der Waals surface area contributed by atoms with E-state index in [0.29, 0.717) is 25.3 Å². The highest BCUT2D eigenvalue weighted by Gasteiger charge is 2.36. The lowest BCUT2D eigenvalue weighted by Gasteiger charge is -2.42. The Bertz CT molecular complexity index is 817. The highest BCUT2D eigenvalue weighted by molar-refractivity contribution is 5.91. The molecule has 1 aromatic carbocycles. The Hall–Kier alpha value is -2.94. The third-order valence-electron chi connectivity index (χ3n) is 4.89. The standard InChI is InChI=1S/C17H21N7O2/c1-22-11-19-21-15(22)12-2-4-13(5-3-12)20-17(26)24-9-8-23-7-6-18-16(25)14(23)10-24/h2-5,11,14H,6-10H2,1H3,(H,18,25)(H,20,26)/t14-/m1/s1. The Kier molecular flexibility index (Phi) is 4.29. The lowest BCUT2D eigenvalue weighted by atomic mass is 10.1. The van der Waals surface area contributed by atoms with Gasteiger partial charge in [0.25, 0.3) is 0 Å². The first kappa shape index (κ1) is 16.5. The van der Waals surface area contributed by atoms with E-state index in [1.165, 1.54) is 0 Å².